The lowest BCUT2D eigenvalue weighted by atomic mass is 10.2. The molecule has 0 fully saturated rings. The Morgan fingerprint density at radius 2 is 2.31 bits per heavy atom. The Bertz CT molecular complexity index is 617. The SMILES string of the molecule is COC(=O)N1CC=c2c1ccc1c2=CC=N1. The number of carbonyl (C=O) groups is 1. The molecule has 0 spiro atoms. The number of fused-ring (bicyclic) bond motifs is 3. The molecule has 2 heterocycles. The van der Waals surface area contributed by atoms with E-state index in [1.165, 1.54) is 7.11 Å². The molecule has 0 N–H and O–H groups in total. The van der Waals surface area contributed by atoms with E-state index in [1.54, 1.807) is 11.1 Å². The van der Waals surface area contributed by atoms with Gasteiger partial charge < -0.3 is 4.74 Å². The van der Waals surface area contributed by atoms with Crippen LogP contribution in [0.3, 0.4) is 0 Å². The maximum absolute atomic E-state index is 11.5. The Hall–Kier alpha value is -2.10. The van der Waals surface area contributed by atoms with Crippen LogP contribution in [0, 0.1) is 0 Å². The van der Waals surface area contributed by atoms with Gasteiger partial charge in [-0.3, -0.25) is 9.89 Å². The van der Waals surface area contributed by atoms with Crippen molar-refractivity contribution in [3.63, 3.8) is 0 Å². The van der Waals surface area contributed by atoms with Crippen molar-refractivity contribution >= 4 is 35.8 Å². The Morgan fingerprint density at radius 3 is 3.12 bits per heavy atom. The summed E-state index contributed by atoms with van der Waals surface area (Å²) in [6.45, 7) is 0.562. The first-order chi connectivity index (χ1) is 7.81. The van der Waals surface area contributed by atoms with Gasteiger partial charge in [0.15, 0.2) is 0 Å². The van der Waals surface area contributed by atoms with Crippen molar-refractivity contribution in [1.29, 1.82) is 0 Å². The number of hydrogen-bond donors (Lipinski definition) is 0. The van der Waals surface area contributed by atoms with Gasteiger partial charge in [0.2, 0.25) is 0 Å². The summed E-state index contributed by atoms with van der Waals surface area (Å²) in [5.74, 6) is 0. The molecule has 4 nitrogen and oxygen atoms in total. The highest BCUT2D eigenvalue weighted by molar-refractivity contribution is 5.99. The normalized spacial score (nSPS) is 15.2. The average Bonchev–Trinajstić information content (AvgIpc) is 2.92. The van der Waals surface area contributed by atoms with E-state index >= 15 is 0 Å². The lowest BCUT2D eigenvalue weighted by molar-refractivity contribution is 0.180. The van der Waals surface area contributed by atoms with E-state index in [0.717, 1.165) is 21.8 Å². The monoisotopic (exact) mass is 214 g/mol. The zero-order valence-electron chi connectivity index (χ0n) is 8.80. The number of carbonyl (C=O) groups excluding carboxylic acids is 1. The molecule has 3 rings (SSSR count). The molecule has 0 unspecified atom stereocenters. The van der Waals surface area contributed by atoms with Crippen molar-refractivity contribution in [3.8, 4) is 0 Å². The topological polar surface area (TPSA) is 41.9 Å². The van der Waals surface area contributed by atoms with Crippen LogP contribution in [0.2, 0.25) is 0 Å². The summed E-state index contributed by atoms with van der Waals surface area (Å²) in [5, 5.41) is 2.16. The predicted molar refractivity (Wildman–Crippen MR) is 62.5 cm³/mol. The molecular formula is C12H10N2O2. The van der Waals surface area contributed by atoms with E-state index < -0.39 is 0 Å². The van der Waals surface area contributed by atoms with Crippen LogP contribution in [0.5, 0.6) is 0 Å². The lowest BCUT2D eigenvalue weighted by Crippen LogP contribution is -2.32. The highest BCUT2D eigenvalue weighted by atomic mass is 16.5. The van der Waals surface area contributed by atoms with E-state index in [0.29, 0.717) is 6.54 Å². The van der Waals surface area contributed by atoms with Crippen LogP contribution in [0.25, 0.3) is 12.2 Å². The van der Waals surface area contributed by atoms with Gasteiger partial charge in [0.25, 0.3) is 0 Å². The predicted octanol–water partition coefficient (Wildman–Crippen LogP) is 0.550. The maximum Gasteiger partial charge on any atom is 0.414 e. The third kappa shape index (κ3) is 1.10. The van der Waals surface area contributed by atoms with E-state index in [2.05, 4.69) is 4.99 Å². The molecule has 0 radical (unpaired) electrons. The zero-order valence-corrected chi connectivity index (χ0v) is 8.80. The molecule has 2 aliphatic rings. The van der Waals surface area contributed by atoms with Crippen molar-refractivity contribution in [2.24, 2.45) is 4.99 Å². The Labute approximate surface area is 92.2 Å². The molecule has 0 saturated heterocycles. The summed E-state index contributed by atoms with van der Waals surface area (Å²) < 4.78 is 4.74. The molecule has 80 valence electrons. The number of benzene rings is 1. The third-order valence-electron chi connectivity index (χ3n) is 2.86. The largest absolute Gasteiger partial charge is 0.452 e. The molecule has 0 aliphatic carbocycles. The van der Waals surface area contributed by atoms with E-state index in [1.807, 2.05) is 24.3 Å². The lowest BCUT2D eigenvalue weighted by Gasteiger charge is -2.15. The van der Waals surface area contributed by atoms with Gasteiger partial charge in [-0.05, 0) is 18.2 Å². The van der Waals surface area contributed by atoms with Gasteiger partial charge in [0.1, 0.15) is 0 Å². The molecule has 0 saturated carbocycles. The second kappa shape index (κ2) is 3.20. The maximum atomic E-state index is 11.5. The Morgan fingerprint density at radius 1 is 1.44 bits per heavy atom. The van der Waals surface area contributed by atoms with Crippen LogP contribution in [0.4, 0.5) is 16.2 Å². The smallest absolute Gasteiger partial charge is 0.414 e. The van der Waals surface area contributed by atoms with Gasteiger partial charge in [0, 0.05) is 23.2 Å². The van der Waals surface area contributed by atoms with Gasteiger partial charge in [0.05, 0.1) is 18.5 Å². The average molecular weight is 214 g/mol. The summed E-state index contributed by atoms with van der Waals surface area (Å²) >= 11 is 0. The van der Waals surface area contributed by atoms with Gasteiger partial charge >= 0.3 is 6.09 Å². The van der Waals surface area contributed by atoms with Crippen LogP contribution in [-0.4, -0.2) is 26.0 Å². The minimum Gasteiger partial charge on any atom is -0.452 e. The van der Waals surface area contributed by atoms with Crippen LogP contribution < -0.4 is 15.3 Å². The molecule has 0 atom stereocenters. The minimum absolute atomic E-state index is 0.325. The Kier molecular flexibility index (Phi) is 1.83. The number of ether oxygens (including phenoxy) is 1. The summed E-state index contributed by atoms with van der Waals surface area (Å²) in [6.07, 6.45) is 5.44. The summed E-state index contributed by atoms with van der Waals surface area (Å²) in [6, 6.07) is 3.83. The van der Waals surface area contributed by atoms with E-state index in [-0.39, 0.29) is 6.09 Å². The number of methoxy groups -OCH3 is 1. The van der Waals surface area contributed by atoms with Crippen molar-refractivity contribution in [2.45, 2.75) is 0 Å². The minimum atomic E-state index is -0.325. The first kappa shape index (κ1) is 9.15. The molecular weight excluding hydrogens is 204 g/mol. The zero-order chi connectivity index (χ0) is 11.1. The summed E-state index contributed by atoms with van der Waals surface area (Å²) in [5.41, 5.74) is 1.86. The quantitative estimate of drug-likeness (QED) is 0.633. The summed E-state index contributed by atoms with van der Waals surface area (Å²) in [7, 11) is 1.39. The number of nitrogens with zero attached hydrogens (tertiary/aromatic N) is 2. The summed E-state index contributed by atoms with van der Waals surface area (Å²) in [4.78, 5) is 17.4. The van der Waals surface area contributed by atoms with Crippen LogP contribution >= 0.6 is 0 Å². The molecule has 0 bridgehead atoms. The number of rotatable bonds is 0. The van der Waals surface area contributed by atoms with Gasteiger partial charge in [-0.15, -0.1) is 0 Å². The van der Waals surface area contributed by atoms with Crippen LogP contribution in [-0.2, 0) is 4.74 Å². The van der Waals surface area contributed by atoms with E-state index in [4.69, 9.17) is 4.74 Å². The molecule has 2 aliphatic heterocycles. The highest BCUT2D eigenvalue weighted by Crippen LogP contribution is 2.17. The van der Waals surface area contributed by atoms with Crippen molar-refractivity contribution in [1.82, 2.24) is 0 Å². The van der Waals surface area contributed by atoms with Crippen molar-refractivity contribution in [3.05, 3.63) is 22.6 Å². The third-order valence-corrected chi connectivity index (χ3v) is 2.86. The molecule has 0 aromatic heterocycles. The van der Waals surface area contributed by atoms with Crippen LogP contribution in [0.1, 0.15) is 0 Å². The molecule has 16 heavy (non-hydrogen) atoms. The molecule has 4 heteroatoms. The number of anilines is 1. The van der Waals surface area contributed by atoms with Crippen molar-refractivity contribution < 1.29 is 9.53 Å². The molecule has 1 aromatic rings. The fraction of sp³-hybridized carbons (Fsp3) is 0.167. The Balaban J connectivity index is 2.19. The number of aliphatic imine (C=N–C) groups is 1. The fourth-order valence-corrected chi connectivity index (χ4v) is 2.11. The standard InChI is InChI=1S/C12H10N2O2/c1-16-12(15)14-7-5-9-8-4-6-13-10(8)2-3-11(9)14/h2-6H,7H2,1H3. The van der Waals surface area contributed by atoms with Crippen LogP contribution in [0.15, 0.2) is 17.1 Å². The van der Waals surface area contributed by atoms with Gasteiger partial charge in [-0.25, -0.2) is 4.79 Å². The van der Waals surface area contributed by atoms with Gasteiger partial charge in [-0.1, -0.05) is 6.08 Å². The number of hydrogen-bond acceptors (Lipinski definition) is 3. The number of amides is 1. The molecule has 1 amide bonds. The molecule has 1 aromatic carbocycles. The van der Waals surface area contributed by atoms with Gasteiger partial charge in [-0.2, -0.15) is 0 Å². The first-order valence-electron chi connectivity index (χ1n) is 5.04. The highest BCUT2D eigenvalue weighted by Gasteiger charge is 2.21. The second-order valence-corrected chi connectivity index (χ2v) is 3.66. The van der Waals surface area contributed by atoms with Crippen molar-refractivity contribution in [2.75, 3.05) is 18.6 Å². The fourth-order valence-electron chi connectivity index (χ4n) is 2.11. The van der Waals surface area contributed by atoms with E-state index in [9.17, 15) is 4.79 Å². The second-order valence-electron chi connectivity index (χ2n) is 3.66. The first-order valence-corrected chi connectivity index (χ1v) is 5.04.